The minimum absolute atomic E-state index is 0.215. The van der Waals surface area contributed by atoms with Gasteiger partial charge in [-0.25, -0.2) is 9.78 Å². The van der Waals surface area contributed by atoms with Crippen molar-refractivity contribution >= 4 is 17.7 Å². The molecule has 5 heteroatoms. The Morgan fingerprint density at radius 3 is 2.89 bits per heavy atom. The number of carboxylic acid groups (broad SMARTS) is 1. The van der Waals surface area contributed by atoms with Crippen LogP contribution in [0.4, 0.5) is 0 Å². The first kappa shape index (κ1) is 12.7. The van der Waals surface area contributed by atoms with Crippen molar-refractivity contribution in [3.63, 3.8) is 0 Å². The molecule has 0 aliphatic carbocycles. The Kier molecular flexibility index (Phi) is 3.72. The van der Waals surface area contributed by atoms with Gasteiger partial charge < -0.3 is 9.52 Å². The van der Waals surface area contributed by atoms with E-state index in [0.29, 0.717) is 11.5 Å². The topological polar surface area (TPSA) is 63.3 Å². The first-order valence-corrected chi connectivity index (χ1v) is 6.42. The molecule has 94 valence electrons. The van der Waals surface area contributed by atoms with E-state index < -0.39 is 5.97 Å². The minimum atomic E-state index is -0.965. The predicted molar refractivity (Wildman–Crippen MR) is 68.9 cm³/mol. The van der Waals surface area contributed by atoms with Crippen LogP contribution in [0, 0.1) is 13.8 Å². The van der Waals surface area contributed by atoms with Gasteiger partial charge in [0.1, 0.15) is 11.3 Å². The highest BCUT2D eigenvalue weighted by Gasteiger charge is 2.13. The van der Waals surface area contributed by atoms with Gasteiger partial charge in [0.2, 0.25) is 0 Å². The molecule has 2 heterocycles. The molecule has 0 aliphatic heterocycles. The highest BCUT2D eigenvalue weighted by Crippen LogP contribution is 2.24. The molecule has 0 radical (unpaired) electrons. The van der Waals surface area contributed by atoms with Crippen LogP contribution in [0.15, 0.2) is 33.9 Å². The molecular formula is C13H13NO3S. The molecule has 1 N–H and O–H groups in total. The minimum Gasteiger partial charge on any atom is -0.478 e. The Labute approximate surface area is 109 Å². The third kappa shape index (κ3) is 2.92. The van der Waals surface area contributed by atoms with E-state index in [0.717, 1.165) is 16.3 Å². The summed E-state index contributed by atoms with van der Waals surface area (Å²) in [6, 6.07) is 5.44. The van der Waals surface area contributed by atoms with E-state index >= 15 is 0 Å². The van der Waals surface area contributed by atoms with Crippen LogP contribution in [0.3, 0.4) is 0 Å². The number of carboxylic acids is 1. The van der Waals surface area contributed by atoms with Gasteiger partial charge in [-0.15, -0.1) is 0 Å². The van der Waals surface area contributed by atoms with Gasteiger partial charge in [-0.1, -0.05) is 11.8 Å². The first-order chi connectivity index (χ1) is 8.56. The van der Waals surface area contributed by atoms with Gasteiger partial charge in [0.25, 0.3) is 0 Å². The van der Waals surface area contributed by atoms with Crippen LogP contribution in [0.25, 0.3) is 0 Å². The largest absolute Gasteiger partial charge is 0.478 e. The number of hydrogen-bond donors (Lipinski definition) is 1. The van der Waals surface area contributed by atoms with Crippen molar-refractivity contribution < 1.29 is 14.3 Å². The molecule has 0 atom stereocenters. The normalized spacial score (nSPS) is 10.6. The van der Waals surface area contributed by atoms with E-state index in [1.807, 2.05) is 26.0 Å². The predicted octanol–water partition coefficient (Wildman–Crippen LogP) is 3.28. The Bertz CT molecular complexity index is 557. The van der Waals surface area contributed by atoms with Gasteiger partial charge in [-0.05, 0) is 37.6 Å². The molecule has 4 nitrogen and oxygen atoms in total. The number of furan rings is 1. The molecule has 0 aliphatic rings. The maximum Gasteiger partial charge on any atom is 0.339 e. The summed E-state index contributed by atoms with van der Waals surface area (Å²) in [7, 11) is 0. The second-order valence-electron chi connectivity index (χ2n) is 3.98. The van der Waals surface area contributed by atoms with Crippen LogP contribution in [0.5, 0.6) is 0 Å². The number of nitrogens with zero attached hydrogens (tertiary/aromatic N) is 1. The maximum absolute atomic E-state index is 10.9. The molecule has 0 fully saturated rings. The van der Waals surface area contributed by atoms with Crippen molar-refractivity contribution in [2.45, 2.75) is 24.6 Å². The Morgan fingerprint density at radius 2 is 2.22 bits per heavy atom. The lowest BCUT2D eigenvalue weighted by molar-refractivity contribution is 0.0695. The smallest absolute Gasteiger partial charge is 0.339 e. The summed E-state index contributed by atoms with van der Waals surface area (Å²) in [5.41, 5.74) is 2.31. The standard InChI is InChI=1S/C13H13NO3S/c1-8-5-9(2)14-12(6-8)18-7-11-10(13(15)16)3-4-17-11/h3-6H,7H2,1-2H3,(H,15,16). The summed E-state index contributed by atoms with van der Waals surface area (Å²) in [6.07, 6.45) is 1.40. The summed E-state index contributed by atoms with van der Waals surface area (Å²) in [5, 5.41) is 9.83. The van der Waals surface area contributed by atoms with E-state index in [1.165, 1.54) is 24.1 Å². The molecule has 2 aromatic heterocycles. The fourth-order valence-corrected chi connectivity index (χ4v) is 2.64. The van der Waals surface area contributed by atoms with Gasteiger partial charge in [0.05, 0.1) is 17.0 Å². The van der Waals surface area contributed by atoms with Crippen LogP contribution < -0.4 is 0 Å². The van der Waals surface area contributed by atoms with Crippen molar-refractivity contribution in [2.24, 2.45) is 0 Å². The second kappa shape index (κ2) is 5.27. The van der Waals surface area contributed by atoms with E-state index in [1.54, 1.807) is 0 Å². The molecule has 0 bridgehead atoms. The number of pyridine rings is 1. The molecule has 0 saturated heterocycles. The molecule has 0 spiro atoms. The lowest BCUT2D eigenvalue weighted by Gasteiger charge is -2.03. The zero-order valence-electron chi connectivity index (χ0n) is 10.1. The van der Waals surface area contributed by atoms with Crippen molar-refractivity contribution in [1.29, 1.82) is 0 Å². The first-order valence-electron chi connectivity index (χ1n) is 5.44. The molecule has 0 amide bonds. The van der Waals surface area contributed by atoms with Crippen LogP contribution in [0.1, 0.15) is 27.4 Å². The van der Waals surface area contributed by atoms with E-state index in [4.69, 9.17) is 9.52 Å². The fourth-order valence-electron chi connectivity index (χ4n) is 1.66. The van der Waals surface area contributed by atoms with Crippen LogP contribution in [-0.4, -0.2) is 16.1 Å². The third-order valence-electron chi connectivity index (χ3n) is 2.40. The number of rotatable bonds is 4. The quantitative estimate of drug-likeness (QED) is 0.857. The second-order valence-corrected chi connectivity index (χ2v) is 4.97. The Morgan fingerprint density at radius 1 is 1.44 bits per heavy atom. The van der Waals surface area contributed by atoms with Gasteiger partial charge in [-0.2, -0.15) is 0 Å². The number of aryl methyl sites for hydroxylation is 2. The van der Waals surface area contributed by atoms with Crippen molar-refractivity contribution in [2.75, 3.05) is 0 Å². The maximum atomic E-state index is 10.9. The van der Waals surface area contributed by atoms with E-state index in [9.17, 15) is 4.79 Å². The average molecular weight is 263 g/mol. The molecule has 0 unspecified atom stereocenters. The van der Waals surface area contributed by atoms with Crippen molar-refractivity contribution in [3.8, 4) is 0 Å². The Balaban J connectivity index is 2.11. The van der Waals surface area contributed by atoms with Crippen molar-refractivity contribution in [3.05, 3.63) is 47.0 Å². The number of hydrogen-bond acceptors (Lipinski definition) is 4. The number of carbonyl (C=O) groups is 1. The van der Waals surface area contributed by atoms with E-state index in [2.05, 4.69) is 4.98 Å². The third-order valence-corrected chi connectivity index (χ3v) is 3.31. The van der Waals surface area contributed by atoms with Gasteiger partial charge >= 0.3 is 5.97 Å². The molecule has 2 aromatic rings. The molecule has 18 heavy (non-hydrogen) atoms. The van der Waals surface area contributed by atoms with Crippen LogP contribution in [0.2, 0.25) is 0 Å². The van der Waals surface area contributed by atoms with Crippen molar-refractivity contribution in [1.82, 2.24) is 4.98 Å². The molecular weight excluding hydrogens is 250 g/mol. The number of aromatic nitrogens is 1. The highest BCUT2D eigenvalue weighted by molar-refractivity contribution is 7.98. The summed E-state index contributed by atoms with van der Waals surface area (Å²) < 4.78 is 5.18. The van der Waals surface area contributed by atoms with Crippen LogP contribution >= 0.6 is 11.8 Å². The Hall–Kier alpha value is -1.75. The zero-order valence-corrected chi connectivity index (χ0v) is 11.0. The summed E-state index contributed by atoms with van der Waals surface area (Å²) in [6.45, 7) is 3.95. The summed E-state index contributed by atoms with van der Waals surface area (Å²) in [4.78, 5) is 15.3. The average Bonchev–Trinajstić information content (AvgIpc) is 2.73. The number of aromatic carboxylic acids is 1. The van der Waals surface area contributed by atoms with E-state index in [-0.39, 0.29) is 5.56 Å². The SMILES string of the molecule is Cc1cc(C)nc(SCc2occc2C(=O)O)c1. The van der Waals surface area contributed by atoms with Gasteiger partial charge in [0.15, 0.2) is 0 Å². The number of thioether (sulfide) groups is 1. The molecule has 0 aromatic carbocycles. The highest BCUT2D eigenvalue weighted by atomic mass is 32.2. The summed E-state index contributed by atoms with van der Waals surface area (Å²) >= 11 is 1.47. The van der Waals surface area contributed by atoms with Crippen LogP contribution in [-0.2, 0) is 5.75 Å². The fraction of sp³-hybridized carbons (Fsp3) is 0.231. The summed E-state index contributed by atoms with van der Waals surface area (Å²) in [5.74, 6) is -0.0361. The molecule has 2 rings (SSSR count). The lowest BCUT2D eigenvalue weighted by atomic mass is 10.3. The van der Waals surface area contributed by atoms with Gasteiger partial charge in [0, 0.05) is 5.69 Å². The van der Waals surface area contributed by atoms with Gasteiger partial charge in [-0.3, -0.25) is 0 Å². The monoisotopic (exact) mass is 263 g/mol. The lowest BCUT2D eigenvalue weighted by Crippen LogP contribution is -1.97. The molecule has 0 saturated carbocycles. The zero-order chi connectivity index (χ0) is 13.1.